The van der Waals surface area contributed by atoms with Gasteiger partial charge in [-0.25, -0.2) is 0 Å². The zero-order chi connectivity index (χ0) is 28.5. The molecule has 0 spiro atoms. The molecule has 4 amide bonds. The summed E-state index contributed by atoms with van der Waals surface area (Å²) in [5.74, 6) is -3.09. The Hall–Kier alpha value is -3.69. The summed E-state index contributed by atoms with van der Waals surface area (Å²) in [6.45, 7) is 8.47. The summed E-state index contributed by atoms with van der Waals surface area (Å²) >= 11 is 0. The smallest absolute Gasteiger partial charge is 0.303 e. The number of hydrogen-bond acceptors (Lipinski definition) is 5. The number of amides is 4. The van der Waals surface area contributed by atoms with E-state index in [9.17, 15) is 24.0 Å². The van der Waals surface area contributed by atoms with Crippen LogP contribution in [0.4, 0.5) is 0 Å². The van der Waals surface area contributed by atoms with Gasteiger partial charge in [-0.05, 0) is 45.1 Å². The summed E-state index contributed by atoms with van der Waals surface area (Å²) in [7, 11) is 0. The molecular formula is C28H40N4O6. The van der Waals surface area contributed by atoms with Crippen LogP contribution in [-0.2, 0) is 30.4 Å². The first-order valence-corrected chi connectivity index (χ1v) is 13.0. The average molecular weight is 529 g/mol. The predicted octanol–water partition coefficient (Wildman–Crippen LogP) is 1.70. The summed E-state index contributed by atoms with van der Waals surface area (Å²) in [4.78, 5) is 63.9. The fraction of sp³-hybridized carbons (Fsp3) is 0.536. The Morgan fingerprint density at radius 1 is 0.947 bits per heavy atom. The van der Waals surface area contributed by atoms with E-state index in [0.29, 0.717) is 6.42 Å². The van der Waals surface area contributed by atoms with E-state index < -0.39 is 59.2 Å². The third-order valence-electron chi connectivity index (χ3n) is 6.74. The zero-order valence-corrected chi connectivity index (χ0v) is 22.7. The van der Waals surface area contributed by atoms with Gasteiger partial charge in [0.25, 0.3) is 0 Å². The van der Waals surface area contributed by atoms with Crippen molar-refractivity contribution >= 4 is 29.6 Å². The van der Waals surface area contributed by atoms with Crippen LogP contribution in [0.3, 0.4) is 0 Å². The molecule has 10 nitrogen and oxygen atoms in total. The summed E-state index contributed by atoms with van der Waals surface area (Å²) in [6, 6.07) is 5.72. The first-order chi connectivity index (χ1) is 17.8. The fourth-order valence-electron chi connectivity index (χ4n) is 4.11. The van der Waals surface area contributed by atoms with Gasteiger partial charge in [0, 0.05) is 18.9 Å². The van der Waals surface area contributed by atoms with Crippen molar-refractivity contribution in [2.45, 2.75) is 84.5 Å². The van der Waals surface area contributed by atoms with E-state index in [2.05, 4.69) is 21.3 Å². The number of carbonyl (C=O) groups is 5. The average Bonchev–Trinajstić information content (AvgIpc) is 2.85. The number of carbonyl (C=O) groups excluding carboxylic acids is 4. The van der Waals surface area contributed by atoms with Crippen molar-refractivity contribution in [3.05, 3.63) is 48.0 Å². The van der Waals surface area contributed by atoms with Gasteiger partial charge < -0.3 is 26.4 Å². The van der Waals surface area contributed by atoms with Crippen LogP contribution < -0.4 is 21.3 Å². The summed E-state index contributed by atoms with van der Waals surface area (Å²) < 4.78 is 0. The van der Waals surface area contributed by atoms with Gasteiger partial charge in [0.05, 0.1) is 5.41 Å². The molecule has 1 aromatic carbocycles. The molecule has 4 atom stereocenters. The molecule has 10 heteroatoms. The number of hydrogen-bond donors (Lipinski definition) is 5. The maximum atomic E-state index is 13.5. The van der Waals surface area contributed by atoms with Crippen LogP contribution in [0, 0.1) is 11.3 Å². The fourth-order valence-corrected chi connectivity index (χ4v) is 4.11. The van der Waals surface area contributed by atoms with Crippen molar-refractivity contribution in [3.63, 3.8) is 0 Å². The van der Waals surface area contributed by atoms with Crippen LogP contribution in [0.25, 0.3) is 0 Å². The van der Waals surface area contributed by atoms with Crippen LogP contribution in [-0.4, -0.2) is 58.9 Å². The van der Waals surface area contributed by atoms with E-state index in [1.54, 1.807) is 39.8 Å². The maximum Gasteiger partial charge on any atom is 0.303 e. The molecule has 1 aliphatic rings. The number of benzene rings is 1. The zero-order valence-electron chi connectivity index (χ0n) is 22.7. The lowest BCUT2D eigenvalue weighted by Crippen LogP contribution is -2.58. The van der Waals surface area contributed by atoms with E-state index in [0.717, 1.165) is 5.56 Å². The lowest BCUT2D eigenvalue weighted by Gasteiger charge is -2.35. The summed E-state index contributed by atoms with van der Waals surface area (Å²) in [5.41, 5.74) is -0.322. The molecule has 1 unspecified atom stereocenters. The molecule has 1 fully saturated rings. The van der Waals surface area contributed by atoms with Crippen molar-refractivity contribution < 1.29 is 29.1 Å². The molecule has 0 aliphatic carbocycles. The Kier molecular flexibility index (Phi) is 11.0. The van der Waals surface area contributed by atoms with Crippen molar-refractivity contribution in [3.8, 4) is 0 Å². The first-order valence-electron chi connectivity index (χ1n) is 13.0. The van der Waals surface area contributed by atoms with Crippen molar-refractivity contribution in [2.24, 2.45) is 11.3 Å². The number of allylic oxidation sites excluding steroid dienone is 1. The molecule has 1 aliphatic heterocycles. The lowest BCUT2D eigenvalue weighted by molar-refractivity contribution is -0.137. The molecule has 5 N–H and O–H groups in total. The lowest BCUT2D eigenvalue weighted by atomic mass is 9.80. The minimum Gasteiger partial charge on any atom is -0.481 e. The molecule has 0 bridgehead atoms. The molecule has 0 saturated carbocycles. The molecule has 1 heterocycles. The second-order valence-corrected chi connectivity index (χ2v) is 10.6. The highest BCUT2D eigenvalue weighted by molar-refractivity contribution is 5.96. The van der Waals surface area contributed by atoms with Crippen molar-refractivity contribution in [2.75, 3.05) is 0 Å². The van der Waals surface area contributed by atoms with Gasteiger partial charge >= 0.3 is 5.97 Å². The molecule has 1 aromatic rings. The molecular weight excluding hydrogens is 488 g/mol. The van der Waals surface area contributed by atoms with Gasteiger partial charge in [-0.3, -0.25) is 24.0 Å². The highest BCUT2D eigenvalue weighted by Gasteiger charge is 2.41. The van der Waals surface area contributed by atoms with E-state index in [4.69, 9.17) is 5.11 Å². The minimum absolute atomic E-state index is 0.0358. The first kappa shape index (κ1) is 30.5. The second-order valence-electron chi connectivity index (χ2n) is 10.6. The standard InChI is InChI=1S/C28H40N4O6/c1-17(2)23-26(37)29-18(3)24(35)30-20(16-19-12-8-6-9-13-19)25(36)31-21(28(4,5)27(38)32-23)14-10-7-11-15-22(33)34/h6-10,12-13,17-18,20-21,23H,11,14-16H2,1-5H3,(H,29,37)(H,30,35)(H,31,36)(H,32,38)(H,33,34)/b10-7-/t18-,20-,21-,23?/m1/s1. The summed E-state index contributed by atoms with van der Waals surface area (Å²) in [6.07, 6.45) is 4.16. The topological polar surface area (TPSA) is 154 Å². The Bertz CT molecular complexity index is 1040. The largest absolute Gasteiger partial charge is 0.481 e. The van der Waals surface area contributed by atoms with Gasteiger partial charge in [0.15, 0.2) is 0 Å². The number of rotatable bonds is 8. The van der Waals surface area contributed by atoms with Gasteiger partial charge in [-0.2, -0.15) is 0 Å². The molecule has 0 aromatic heterocycles. The number of carboxylic acids is 1. The highest BCUT2D eigenvalue weighted by Crippen LogP contribution is 2.25. The Balaban J connectivity index is 2.45. The van der Waals surface area contributed by atoms with Crippen LogP contribution in [0.1, 0.15) is 59.4 Å². The Morgan fingerprint density at radius 2 is 1.61 bits per heavy atom. The van der Waals surface area contributed by atoms with Gasteiger partial charge in [0.1, 0.15) is 18.1 Å². The predicted molar refractivity (Wildman–Crippen MR) is 143 cm³/mol. The highest BCUT2D eigenvalue weighted by atomic mass is 16.4. The van der Waals surface area contributed by atoms with Crippen LogP contribution in [0.2, 0.25) is 0 Å². The van der Waals surface area contributed by atoms with Crippen LogP contribution in [0.5, 0.6) is 0 Å². The SMILES string of the molecule is CC(C)C1NC(=O)C(C)(C)[C@@H](C/C=C\CCC(=O)O)NC(=O)[C@@H](Cc2ccccc2)NC(=O)[C@@H](C)NC1=O. The third-order valence-corrected chi connectivity index (χ3v) is 6.74. The maximum absolute atomic E-state index is 13.5. The Labute approximate surface area is 224 Å². The van der Waals surface area contributed by atoms with E-state index >= 15 is 0 Å². The van der Waals surface area contributed by atoms with Crippen molar-refractivity contribution in [1.82, 2.24) is 21.3 Å². The van der Waals surface area contributed by atoms with E-state index in [1.807, 2.05) is 30.3 Å². The van der Waals surface area contributed by atoms with Crippen LogP contribution >= 0.6 is 0 Å². The molecule has 0 radical (unpaired) electrons. The minimum atomic E-state index is -1.15. The number of aliphatic carboxylic acids is 1. The van der Waals surface area contributed by atoms with Gasteiger partial charge in [-0.15, -0.1) is 0 Å². The molecule has 1 saturated heterocycles. The molecule has 38 heavy (non-hydrogen) atoms. The van der Waals surface area contributed by atoms with Gasteiger partial charge in [-0.1, -0.05) is 56.3 Å². The Morgan fingerprint density at radius 3 is 2.21 bits per heavy atom. The second kappa shape index (κ2) is 13.7. The van der Waals surface area contributed by atoms with Crippen LogP contribution in [0.15, 0.2) is 42.5 Å². The monoisotopic (exact) mass is 528 g/mol. The number of carboxylic acid groups (broad SMARTS) is 1. The van der Waals surface area contributed by atoms with E-state index in [-0.39, 0.29) is 25.2 Å². The van der Waals surface area contributed by atoms with Gasteiger partial charge in [0.2, 0.25) is 23.6 Å². The van der Waals surface area contributed by atoms with E-state index in [1.165, 1.54) is 6.92 Å². The van der Waals surface area contributed by atoms with Crippen molar-refractivity contribution in [1.29, 1.82) is 0 Å². The number of nitrogens with one attached hydrogen (secondary N) is 4. The third kappa shape index (κ3) is 8.71. The quantitative estimate of drug-likeness (QED) is 0.324. The normalized spacial score (nSPS) is 24.9. The molecule has 2 rings (SSSR count). The molecule has 208 valence electrons. The summed E-state index contributed by atoms with van der Waals surface area (Å²) in [5, 5.41) is 20.1.